The molecule has 8 unspecified atom stereocenters. The zero-order valence-corrected chi connectivity index (χ0v) is 27.5. The van der Waals surface area contributed by atoms with Gasteiger partial charge in [-0.1, -0.05) is 52.8 Å². The summed E-state index contributed by atoms with van der Waals surface area (Å²) in [6.07, 6.45) is 2.11. The Balaban J connectivity index is 1.31. The lowest BCUT2D eigenvalue weighted by Crippen LogP contribution is -2.59. The number of hydrogen-bond acceptors (Lipinski definition) is 4. The summed E-state index contributed by atoms with van der Waals surface area (Å²) in [5.74, 6) is 1.66. The number of rotatable bonds is 7. The fourth-order valence-electron chi connectivity index (χ4n) is 10.3. The van der Waals surface area contributed by atoms with Crippen molar-refractivity contribution in [1.82, 2.24) is 0 Å². The zero-order chi connectivity index (χ0) is 31.6. The van der Waals surface area contributed by atoms with E-state index in [4.69, 9.17) is 0 Å². The van der Waals surface area contributed by atoms with Gasteiger partial charge in [-0.25, -0.2) is 8.42 Å². The van der Waals surface area contributed by atoms with E-state index in [1.165, 1.54) is 0 Å². The highest BCUT2D eigenvalue weighted by Crippen LogP contribution is 2.69. The van der Waals surface area contributed by atoms with Gasteiger partial charge in [0.25, 0.3) is 0 Å². The van der Waals surface area contributed by atoms with E-state index in [9.17, 15) is 31.8 Å². The van der Waals surface area contributed by atoms with Gasteiger partial charge in [0.2, 0.25) is 0 Å². The average Bonchev–Trinajstić information content (AvgIpc) is 3.26. The molecule has 10 atom stereocenters. The van der Waals surface area contributed by atoms with Crippen LogP contribution in [-0.4, -0.2) is 41.8 Å². The van der Waals surface area contributed by atoms with Crippen LogP contribution < -0.4 is 0 Å². The van der Waals surface area contributed by atoms with E-state index in [1.54, 1.807) is 24.3 Å². The number of aliphatic hydroxyl groups is 2. The van der Waals surface area contributed by atoms with Gasteiger partial charge in [-0.3, -0.25) is 0 Å². The molecule has 8 heteroatoms. The first-order chi connectivity index (χ1) is 19.8. The van der Waals surface area contributed by atoms with E-state index in [1.807, 2.05) is 26.8 Å². The van der Waals surface area contributed by atoms with Crippen molar-refractivity contribution in [1.29, 1.82) is 0 Å². The normalized spacial score (nSPS) is 39.8. The second kappa shape index (κ2) is 11.3. The third kappa shape index (κ3) is 5.84. The van der Waals surface area contributed by atoms with E-state index in [-0.39, 0.29) is 36.0 Å². The van der Waals surface area contributed by atoms with Crippen molar-refractivity contribution in [3.63, 3.8) is 0 Å². The summed E-state index contributed by atoms with van der Waals surface area (Å²) in [6, 6.07) is 8.60. The van der Waals surface area contributed by atoms with Gasteiger partial charge in [0.1, 0.15) is 0 Å². The van der Waals surface area contributed by atoms with Crippen LogP contribution in [0.4, 0.5) is 13.2 Å². The molecule has 0 radical (unpaired) electrons. The van der Waals surface area contributed by atoms with Crippen molar-refractivity contribution >= 4 is 9.84 Å². The van der Waals surface area contributed by atoms with Crippen LogP contribution in [0.1, 0.15) is 112 Å². The number of sulfone groups is 1. The maximum atomic E-state index is 13.8. The quantitative estimate of drug-likeness (QED) is 0.319. The maximum absolute atomic E-state index is 13.8. The predicted molar refractivity (Wildman–Crippen MR) is 163 cm³/mol. The molecule has 5 rings (SSSR count). The summed E-state index contributed by atoms with van der Waals surface area (Å²) in [5, 5.41) is 20.9. The lowest BCUT2D eigenvalue weighted by Gasteiger charge is -2.62. The van der Waals surface area contributed by atoms with Crippen molar-refractivity contribution in [2.75, 3.05) is 0 Å². The summed E-state index contributed by atoms with van der Waals surface area (Å²) in [7, 11) is -3.62. The molecule has 1 aromatic rings. The van der Waals surface area contributed by atoms with E-state index >= 15 is 0 Å². The van der Waals surface area contributed by atoms with Crippen LogP contribution in [0.5, 0.6) is 0 Å². The molecule has 0 heterocycles. The summed E-state index contributed by atoms with van der Waals surface area (Å²) >= 11 is 0. The molecule has 0 amide bonds. The minimum atomic E-state index is -4.58. The average molecular weight is 627 g/mol. The molecule has 0 bridgehead atoms. The van der Waals surface area contributed by atoms with E-state index < -0.39 is 38.4 Å². The predicted octanol–water partition coefficient (Wildman–Crippen LogP) is 8.36. The highest BCUT2D eigenvalue weighted by atomic mass is 32.2. The molecule has 1 aromatic carbocycles. The molecular formula is C35H53F3O4S. The number of alkyl halides is 3. The zero-order valence-electron chi connectivity index (χ0n) is 26.7. The SMILES string of the molecule is CC(C)(C)C(O)CC(CC[C@H]1CCC2C3CCC4C[C@](O)(C(F)(F)F)CCC4(C)C3CCC21C)S(=O)(=O)c1ccccc1. The van der Waals surface area contributed by atoms with Crippen LogP contribution in [0.15, 0.2) is 35.2 Å². The molecular weight excluding hydrogens is 573 g/mol. The third-order valence-electron chi connectivity index (χ3n) is 13.3. The van der Waals surface area contributed by atoms with Gasteiger partial charge in [0.05, 0.1) is 16.2 Å². The standard InChI is InChI=1S/C35H53F3O4S/c1-31(2,3)30(39)21-26(43(41,42)25-9-7-6-8-10-25)14-11-23-13-16-28-27-15-12-24-22-34(40,35(36,37)38)20-19-33(24,5)29(27)17-18-32(23,28)4/h6-10,23-24,26-30,39-40H,11-22H2,1-5H3/t23-,24?,26?,27?,28?,29?,30?,32?,33?,34-/m0/s1. The highest BCUT2D eigenvalue weighted by Gasteiger charge is 2.65. The Morgan fingerprint density at radius 1 is 0.907 bits per heavy atom. The van der Waals surface area contributed by atoms with E-state index in [0.717, 1.165) is 44.9 Å². The van der Waals surface area contributed by atoms with Crippen molar-refractivity contribution in [3.8, 4) is 0 Å². The molecule has 0 aliphatic heterocycles. The Bertz CT molecular complexity index is 1240. The van der Waals surface area contributed by atoms with Gasteiger partial charge in [-0.15, -0.1) is 0 Å². The molecule has 43 heavy (non-hydrogen) atoms. The van der Waals surface area contributed by atoms with Gasteiger partial charge >= 0.3 is 6.18 Å². The number of halogens is 3. The first-order valence-electron chi connectivity index (χ1n) is 16.6. The summed E-state index contributed by atoms with van der Waals surface area (Å²) < 4.78 is 68.9. The van der Waals surface area contributed by atoms with Crippen molar-refractivity contribution in [3.05, 3.63) is 30.3 Å². The lowest BCUT2D eigenvalue weighted by molar-refractivity contribution is -0.290. The van der Waals surface area contributed by atoms with Crippen LogP contribution in [-0.2, 0) is 9.84 Å². The monoisotopic (exact) mass is 626 g/mol. The van der Waals surface area contributed by atoms with Crippen LogP contribution in [0, 0.1) is 45.8 Å². The molecule has 0 saturated heterocycles. The molecule has 4 aliphatic rings. The second-order valence-corrected chi connectivity index (χ2v) is 18.6. The minimum absolute atomic E-state index is 0.0927. The fraction of sp³-hybridized carbons (Fsp3) is 0.829. The van der Waals surface area contributed by atoms with Crippen molar-refractivity contribution in [2.45, 2.75) is 140 Å². The summed E-state index contributed by atoms with van der Waals surface area (Å²) in [4.78, 5) is 0.312. The molecule has 4 saturated carbocycles. The van der Waals surface area contributed by atoms with Gasteiger partial charge in [-0.2, -0.15) is 13.2 Å². The Labute approximate surface area is 257 Å². The molecule has 0 aromatic heterocycles. The van der Waals surface area contributed by atoms with Gasteiger partial charge in [0, 0.05) is 0 Å². The Morgan fingerprint density at radius 2 is 1.56 bits per heavy atom. The van der Waals surface area contributed by atoms with Crippen LogP contribution in [0.3, 0.4) is 0 Å². The molecule has 244 valence electrons. The number of benzene rings is 1. The van der Waals surface area contributed by atoms with Gasteiger partial charge < -0.3 is 10.2 Å². The molecule has 0 spiro atoms. The van der Waals surface area contributed by atoms with Crippen LogP contribution in [0.2, 0.25) is 0 Å². The largest absolute Gasteiger partial charge is 0.417 e. The molecule has 4 aliphatic carbocycles. The number of aliphatic hydroxyl groups excluding tert-OH is 1. The topological polar surface area (TPSA) is 74.6 Å². The second-order valence-electron chi connectivity index (χ2n) is 16.4. The van der Waals surface area contributed by atoms with E-state index in [0.29, 0.717) is 41.4 Å². The third-order valence-corrected chi connectivity index (χ3v) is 15.5. The maximum Gasteiger partial charge on any atom is 0.417 e. The summed E-state index contributed by atoms with van der Waals surface area (Å²) in [5.41, 5.74) is -3.05. The Morgan fingerprint density at radius 3 is 2.19 bits per heavy atom. The first kappa shape index (κ1) is 33.2. The Kier molecular flexibility index (Phi) is 8.73. The van der Waals surface area contributed by atoms with Gasteiger partial charge in [-0.05, 0) is 135 Å². The van der Waals surface area contributed by atoms with Crippen LogP contribution in [0.25, 0.3) is 0 Å². The molecule has 4 fully saturated rings. The molecule has 2 N–H and O–H groups in total. The number of fused-ring (bicyclic) bond motifs is 5. The van der Waals surface area contributed by atoms with Gasteiger partial charge in [0.15, 0.2) is 15.4 Å². The Hall–Kier alpha value is -1.12. The van der Waals surface area contributed by atoms with Crippen LogP contribution >= 0.6 is 0 Å². The highest BCUT2D eigenvalue weighted by molar-refractivity contribution is 7.92. The smallest absolute Gasteiger partial charge is 0.393 e. The number of hydrogen-bond donors (Lipinski definition) is 2. The van der Waals surface area contributed by atoms with E-state index in [2.05, 4.69) is 13.8 Å². The lowest BCUT2D eigenvalue weighted by atomic mass is 9.43. The van der Waals surface area contributed by atoms with Crippen molar-refractivity contribution in [2.24, 2.45) is 45.8 Å². The summed E-state index contributed by atoms with van der Waals surface area (Å²) in [6.45, 7) is 10.4. The minimum Gasteiger partial charge on any atom is -0.393 e. The molecule has 4 nitrogen and oxygen atoms in total. The van der Waals surface area contributed by atoms with Crippen molar-refractivity contribution < 1.29 is 31.8 Å². The first-order valence-corrected chi connectivity index (χ1v) is 18.1. The fourth-order valence-corrected chi connectivity index (χ4v) is 12.1.